The zero-order valence-electron chi connectivity index (χ0n) is 14.4. The third-order valence-electron chi connectivity index (χ3n) is 5.20. The molecule has 1 aliphatic carbocycles. The summed E-state index contributed by atoms with van der Waals surface area (Å²) in [5.41, 5.74) is 2.02. The Morgan fingerprint density at radius 2 is 1.79 bits per heavy atom. The van der Waals surface area contributed by atoms with Crippen LogP contribution in [-0.4, -0.2) is 35.5 Å². The van der Waals surface area contributed by atoms with Crippen LogP contribution in [-0.2, 0) is 17.8 Å². The fourth-order valence-electron chi connectivity index (χ4n) is 3.68. The lowest BCUT2D eigenvalue weighted by Gasteiger charge is -2.20. The van der Waals surface area contributed by atoms with Crippen LogP contribution in [0.3, 0.4) is 0 Å². The maximum atomic E-state index is 12.5. The van der Waals surface area contributed by atoms with Gasteiger partial charge in [-0.3, -0.25) is 9.69 Å². The first-order chi connectivity index (χ1) is 11.6. The van der Waals surface area contributed by atoms with Crippen LogP contribution in [0.25, 0.3) is 0 Å². The molecule has 0 unspecified atom stereocenters. The quantitative estimate of drug-likeness (QED) is 0.597. The van der Waals surface area contributed by atoms with Crippen LogP contribution in [0.1, 0.15) is 50.2 Å². The van der Waals surface area contributed by atoms with E-state index in [1.165, 1.54) is 16.0 Å². The van der Waals surface area contributed by atoms with Crippen LogP contribution >= 0.6 is 0 Å². The van der Waals surface area contributed by atoms with Crippen LogP contribution in [0.2, 0.25) is 0 Å². The van der Waals surface area contributed by atoms with Gasteiger partial charge in [0.25, 0.3) is 5.91 Å². The topological polar surface area (TPSA) is 61.4 Å². The lowest BCUT2D eigenvalue weighted by molar-refractivity contribution is -0.131. The van der Waals surface area contributed by atoms with E-state index in [1.54, 1.807) is 0 Å². The summed E-state index contributed by atoms with van der Waals surface area (Å²) in [5, 5.41) is 6.31. The summed E-state index contributed by atoms with van der Waals surface area (Å²) in [7, 11) is 0. The van der Waals surface area contributed by atoms with Gasteiger partial charge in [0.2, 0.25) is 0 Å². The molecular formula is C19H27N3O2. The highest BCUT2D eigenvalue weighted by Crippen LogP contribution is 2.34. The van der Waals surface area contributed by atoms with Crippen molar-refractivity contribution in [3.63, 3.8) is 0 Å². The van der Waals surface area contributed by atoms with Gasteiger partial charge in [0.05, 0.1) is 0 Å². The van der Waals surface area contributed by atoms with E-state index >= 15 is 0 Å². The molecule has 2 aliphatic rings. The van der Waals surface area contributed by atoms with Crippen molar-refractivity contribution in [1.82, 2.24) is 15.5 Å². The molecule has 2 fully saturated rings. The molecular weight excluding hydrogens is 302 g/mol. The first-order valence-corrected chi connectivity index (χ1v) is 9.07. The zero-order chi connectivity index (χ0) is 17.0. The van der Waals surface area contributed by atoms with Crippen molar-refractivity contribution >= 4 is 11.9 Å². The van der Waals surface area contributed by atoms with Crippen LogP contribution in [0.15, 0.2) is 24.3 Å². The minimum Gasteiger partial charge on any atom is -0.323 e. The van der Waals surface area contributed by atoms with E-state index in [0.717, 1.165) is 51.6 Å². The minimum atomic E-state index is -0.578. The Morgan fingerprint density at radius 1 is 1.12 bits per heavy atom. The number of nitrogens with zero attached hydrogens (tertiary/aromatic N) is 1. The molecule has 0 atom stereocenters. The van der Waals surface area contributed by atoms with Crippen LogP contribution in [0.4, 0.5) is 4.79 Å². The first kappa shape index (κ1) is 17.0. The molecule has 3 rings (SSSR count). The first-order valence-electron chi connectivity index (χ1n) is 9.07. The van der Waals surface area contributed by atoms with Crippen molar-refractivity contribution in [2.45, 2.75) is 57.5 Å². The second-order valence-corrected chi connectivity index (χ2v) is 6.88. The van der Waals surface area contributed by atoms with E-state index in [2.05, 4.69) is 41.8 Å². The third kappa shape index (κ3) is 3.46. The van der Waals surface area contributed by atoms with Gasteiger partial charge in [-0.25, -0.2) is 4.79 Å². The smallest absolute Gasteiger partial charge is 0.323 e. The molecule has 1 aromatic rings. The molecule has 5 heteroatoms. The summed E-state index contributed by atoms with van der Waals surface area (Å²) in [6, 6.07) is 8.40. The molecule has 1 spiro atoms. The third-order valence-corrected chi connectivity index (χ3v) is 5.20. The Balaban J connectivity index is 1.40. The molecule has 3 amide bonds. The van der Waals surface area contributed by atoms with Crippen LogP contribution in [0.5, 0.6) is 0 Å². The maximum Gasteiger partial charge on any atom is 0.325 e. The number of amides is 3. The number of carbonyl (C=O) groups excluding carboxylic acids is 2. The Labute approximate surface area is 143 Å². The van der Waals surface area contributed by atoms with Gasteiger partial charge in [-0.05, 0) is 43.4 Å². The van der Waals surface area contributed by atoms with E-state index in [4.69, 9.17) is 0 Å². The summed E-state index contributed by atoms with van der Waals surface area (Å²) in [5.74, 6) is -0.0137. The second kappa shape index (κ2) is 7.34. The van der Waals surface area contributed by atoms with E-state index in [-0.39, 0.29) is 11.9 Å². The van der Waals surface area contributed by atoms with Gasteiger partial charge in [0.15, 0.2) is 0 Å². The maximum absolute atomic E-state index is 12.5. The number of hydrogen-bond donors (Lipinski definition) is 2. The van der Waals surface area contributed by atoms with Gasteiger partial charge < -0.3 is 10.6 Å². The van der Waals surface area contributed by atoms with Gasteiger partial charge >= 0.3 is 6.03 Å². The van der Waals surface area contributed by atoms with E-state index in [0.29, 0.717) is 6.54 Å². The molecule has 1 heterocycles. The van der Waals surface area contributed by atoms with Crippen molar-refractivity contribution in [3.05, 3.63) is 35.4 Å². The van der Waals surface area contributed by atoms with Crippen molar-refractivity contribution in [2.75, 3.05) is 13.1 Å². The van der Waals surface area contributed by atoms with Crippen molar-refractivity contribution in [3.8, 4) is 0 Å². The monoisotopic (exact) mass is 329 g/mol. The van der Waals surface area contributed by atoms with Gasteiger partial charge in [0, 0.05) is 13.1 Å². The molecule has 1 aromatic carbocycles. The number of urea groups is 1. The summed E-state index contributed by atoms with van der Waals surface area (Å²) < 4.78 is 0. The molecule has 0 radical (unpaired) electrons. The lowest BCUT2D eigenvalue weighted by Crippen LogP contribution is -2.44. The van der Waals surface area contributed by atoms with Crippen LogP contribution in [0, 0.1) is 0 Å². The number of hydrogen-bond acceptors (Lipinski definition) is 3. The number of nitrogens with one attached hydrogen (secondary N) is 2. The molecule has 0 bridgehead atoms. The molecule has 1 aliphatic heterocycles. The number of benzene rings is 1. The Bertz CT molecular complexity index is 591. The highest BCUT2D eigenvalue weighted by Gasteiger charge is 2.51. The highest BCUT2D eigenvalue weighted by atomic mass is 16.2. The summed E-state index contributed by atoms with van der Waals surface area (Å²) in [4.78, 5) is 26.0. The average molecular weight is 329 g/mol. The Morgan fingerprint density at radius 3 is 2.46 bits per heavy atom. The van der Waals surface area contributed by atoms with Gasteiger partial charge in [-0.2, -0.15) is 0 Å². The summed E-state index contributed by atoms with van der Waals surface area (Å²) >= 11 is 0. The van der Waals surface area contributed by atoms with Gasteiger partial charge in [0.1, 0.15) is 5.54 Å². The fourth-order valence-corrected chi connectivity index (χ4v) is 3.68. The van der Waals surface area contributed by atoms with Crippen molar-refractivity contribution in [2.24, 2.45) is 0 Å². The normalized spacial score (nSPS) is 19.3. The number of carbonyl (C=O) groups is 2. The lowest BCUT2D eigenvalue weighted by atomic mass is 9.98. The van der Waals surface area contributed by atoms with E-state index < -0.39 is 5.54 Å². The number of rotatable bonds is 7. The zero-order valence-corrected chi connectivity index (χ0v) is 14.4. The molecule has 0 aromatic heterocycles. The SMILES string of the molecule is CCc1ccc(CNCCCN2C(=O)NC3(CCCC3)C2=O)cc1. The van der Waals surface area contributed by atoms with Crippen LogP contribution < -0.4 is 10.6 Å². The Kier molecular flexibility index (Phi) is 5.19. The molecule has 130 valence electrons. The predicted octanol–water partition coefficient (Wildman–Crippen LogP) is 2.59. The van der Waals surface area contributed by atoms with E-state index in [9.17, 15) is 9.59 Å². The average Bonchev–Trinajstić information content (AvgIpc) is 3.15. The van der Waals surface area contributed by atoms with Crippen molar-refractivity contribution < 1.29 is 9.59 Å². The molecule has 2 N–H and O–H groups in total. The molecule has 1 saturated carbocycles. The summed E-state index contributed by atoms with van der Waals surface area (Å²) in [6.45, 7) is 4.25. The minimum absolute atomic E-state index is 0.0137. The van der Waals surface area contributed by atoms with Crippen molar-refractivity contribution in [1.29, 1.82) is 0 Å². The number of aryl methyl sites for hydroxylation is 1. The molecule has 24 heavy (non-hydrogen) atoms. The standard InChI is InChI=1S/C19H27N3O2/c1-2-15-6-8-16(9-7-15)14-20-12-5-13-22-17(23)19(21-18(22)24)10-3-4-11-19/h6-9,20H,2-5,10-14H2,1H3,(H,21,24). The highest BCUT2D eigenvalue weighted by molar-refractivity contribution is 6.07. The largest absolute Gasteiger partial charge is 0.325 e. The predicted molar refractivity (Wildman–Crippen MR) is 93.6 cm³/mol. The summed E-state index contributed by atoms with van der Waals surface area (Å²) in [6.07, 6.45) is 5.47. The number of imide groups is 1. The second-order valence-electron chi connectivity index (χ2n) is 6.88. The van der Waals surface area contributed by atoms with Gasteiger partial charge in [-0.15, -0.1) is 0 Å². The Hall–Kier alpha value is -1.88. The van der Waals surface area contributed by atoms with E-state index in [1.807, 2.05) is 0 Å². The molecule has 1 saturated heterocycles. The fraction of sp³-hybridized carbons (Fsp3) is 0.579. The molecule has 5 nitrogen and oxygen atoms in total. The van der Waals surface area contributed by atoms with Gasteiger partial charge in [-0.1, -0.05) is 44.0 Å².